The topological polar surface area (TPSA) is 51.3 Å². The van der Waals surface area contributed by atoms with E-state index in [-0.39, 0.29) is 5.97 Å². The number of esters is 1. The third kappa shape index (κ3) is 4.39. The molecule has 0 spiro atoms. The van der Waals surface area contributed by atoms with Gasteiger partial charge in [-0.1, -0.05) is 35.9 Å². The van der Waals surface area contributed by atoms with Crippen molar-refractivity contribution < 1.29 is 14.3 Å². The van der Waals surface area contributed by atoms with Gasteiger partial charge in [-0.25, -0.2) is 0 Å². The van der Waals surface area contributed by atoms with Crippen molar-refractivity contribution in [1.29, 1.82) is 0 Å². The van der Waals surface area contributed by atoms with Crippen LogP contribution in [0.5, 0.6) is 5.75 Å². The van der Waals surface area contributed by atoms with Gasteiger partial charge < -0.3 is 14.5 Å². The Morgan fingerprint density at radius 1 is 1.20 bits per heavy atom. The van der Waals surface area contributed by atoms with Crippen LogP contribution >= 0.6 is 11.6 Å². The minimum Gasteiger partial charge on any atom is -0.489 e. The standard InChI is InChI=1S/C25H26ClNO3/c1-16-13-17(7-9-20(16)18-5-3-4-6-18)15-30-19-8-10-22-21(14-19)25(26)23(27-22)11-12-24(28)29-2/h5,7-10,13-14,27H,3-4,6,11-12,15H2,1-2H3. The molecule has 0 saturated carbocycles. The lowest BCUT2D eigenvalue weighted by molar-refractivity contribution is -0.140. The second kappa shape index (κ2) is 8.97. The number of hydrogen-bond acceptors (Lipinski definition) is 3. The second-order valence-corrected chi connectivity index (χ2v) is 8.14. The molecule has 0 bridgehead atoms. The number of aryl methyl sites for hydroxylation is 2. The average Bonchev–Trinajstić information content (AvgIpc) is 3.39. The summed E-state index contributed by atoms with van der Waals surface area (Å²) in [6, 6.07) is 12.4. The normalized spacial score (nSPS) is 13.5. The lowest BCUT2D eigenvalue weighted by Gasteiger charge is -2.11. The Hall–Kier alpha value is -2.72. The monoisotopic (exact) mass is 423 g/mol. The number of nitrogens with one attached hydrogen (secondary N) is 1. The lowest BCUT2D eigenvalue weighted by Crippen LogP contribution is -2.02. The zero-order chi connectivity index (χ0) is 21.1. The number of benzene rings is 2. The molecule has 1 aliphatic rings. The summed E-state index contributed by atoms with van der Waals surface area (Å²) < 4.78 is 10.7. The molecule has 3 aromatic rings. The third-order valence-electron chi connectivity index (χ3n) is 5.67. The molecule has 1 heterocycles. The number of fused-ring (bicyclic) bond motifs is 1. The number of rotatable bonds is 7. The third-order valence-corrected chi connectivity index (χ3v) is 6.10. The van der Waals surface area contributed by atoms with Gasteiger partial charge in [-0.05, 0) is 73.1 Å². The highest BCUT2D eigenvalue weighted by Gasteiger charge is 2.13. The SMILES string of the molecule is COC(=O)CCc1[nH]c2ccc(OCc3ccc(C4=CCCC4)c(C)c3)cc2c1Cl. The van der Waals surface area contributed by atoms with Crippen LogP contribution in [0.4, 0.5) is 0 Å². The van der Waals surface area contributed by atoms with Crippen molar-refractivity contribution in [2.45, 2.75) is 45.6 Å². The number of halogens is 1. The van der Waals surface area contributed by atoms with Gasteiger partial charge in [-0.2, -0.15) is 0 Å². The first kappa shape index (κ1) is 20.5. The van der Waals surface area contributed by atoms with Gasteiger partial charge in [0.2, 0.25) is 0 Å². The summed E-state index contributed by atoms with van der Waals surface area (Å²) in [5.74, 6) is 0.516. The van der Waals surface area contributed by atoms with Gasteiger partial charge in [0.1, 0.15) is 12.4 Å². The van der Waals surface area contributed by atoms with Gasteiger partial charge in [0.15, 0.2) is 0 Å². The van der Waals surface area contributed by atoms with Crippen LogP contribution in [0.15, 0.2) is 42.5 Å². The van der Waals surface area contributed by atoms with E-state index in [0.29, 0.717) is 24.5 Å². The second-order valence-electron chi connectivity index (χ2n) is 7.76. The number of carbonyl (C=O) groups excluding carboxylic acids is 1. The van der Waals surface area contributed by atoms with Gasteiger partial charge in [0, 0.05) is 16.6 Å². The molecule has 0 atom stereocenters. The molecule has 4 nitrogen and oxygen atoms in total. The quantitative estimate of drug-likeness (QED) is 0.448. The number of methoxy groups -OCH3 is 1. The first-order valence-electron chi connectivity index (χ1n) is 10.3. The summed E-state index contributed by atoms with van der Waals surface area (Å²) >= 11 is 6.53. The Morgan fingerprint density at radius 3 is 2.80 bits per heavy atom. The highest BCUT2D eigenvalue weighted by molar-refractivity contribution is 6.36. The van der Waals surface area contributed by atoms with Crippen molar-refractivity contribution >= 4 is 34.0 Å². The van der Waals surface area contributed by atoms with E-state index in [4.69, 9.17) is 21.1 Å². The molecule has 5 heteroatoms. The average molecular weight is 424 g/mol. The number of allylic oxidation sites excluding steroid dienone is 2. The Labute approximate surface area is 181 Å². The molecule has 4 rings (SSSR count). The predicted molar refractivity (Wildman–Crippen MR) is 121 cm³/mol. The molecule has 1 aliphatic carbocycles. The minimum absolute atomic E-state index is 0.251. The van der Waals surface area contributed by atoms with E-state index in [0.717, 1.165) is 27.9 Å². The summed E-state index contributed by atoms with van der Waals surface area (Å²) in [6.07, 6.45) is 6.78. The van der Waals surface area contributed by atoms with Crippen LogP contribution < -0.4 is 4.74 Å². The van der Waals surface area contributed by atoms with Crippen LogP contribution in [-0.4, -0.2) is 18.1 Å². The first-order chi connectivity index (χ1) is 14.5. The number of hydrogen-bond donors (Lipinski definition) is 1. The molecule has 0 saturated heterocycles. The molecule has 30 heavy (non-hydrogen) atoms. The smallest absolute Gasteiger partial charge is 0.305 e. The largest absolute Gasteiger partial charge is 0.489 e. The minimum atomic E-state index is -0.251. The van der Waals surface area contributed by atoms with Crippen molar-refractivity contribution in [3.63, 3.8) is 0 Å². The summed E-state index contributed by atoms with van der Waals surface area (Å²) in [7, 11) is 1.39. The predicted octanol–water partition coefficient (Wildman–Crippen LogP) is 6.38. The summed E-state index contributed by atoms with van der Waals surface area (Å²) in [5, 5.41) is 1.53. The Balaban J connectivity index is 1.45. The highest BCUT2D eigenvalue weighted by Crippen LogP contribution is 2.32. The Kier molecular flexibility index (Phi) is 6.14. The van der Waals surface area contributed by atoms with Crippen molar-refractivity contribution in [3.05, 3.63) is 69.9 Å². The molecular weight excluding hydrogens is 398 g/mol. The molecule has 0 unspecified atom stereocenters. The van der Waals surface area contributed by atoms with E-state index < -0.39 is 0 Å². The lowest BCUT2D eigenvalue weighted by atomic mass is 9.98. The number of ether oxygens (including phenoxy) is 2. The Bertz CT molecular complexity index is 1110. The van der Waals surface area contributed by atoms with Crippen molar-refractivity contribution in [1.82, 2.24) is 4.98 Å². The fourth-order valence-corrected chi connectivity index (χ4v) is 4.34. The Morgan fingerprint density at radius 2 is 2.07 bits per heavy atom. The number of H-pyrrole nitrogens is 1. The van der Waals surface area contributed by atoms with Gasteiger partial charge in [-0.15, -0.1) is 0 Å². The fourth-order valence-electron chi connectivity index (χ4n) is 4.04. The van der Waals surface area contributed by atoms with Crippen LogP contribution in [-0.2, 0) is 22.6 Å². The van der Waals surface area contributed by atoms with Crippen LogP contribution in [0.1, 0.15) is 48.1 Å². The zero-order valence-electron chi connectivity index (χ0n) is 17.4. The maximum Gasteiger partial charge on any atom is 0.305 e. The van der Waals surface area contributed by atoms with Gasteiger partial charge in [0.25, 0.3) is 0 Å². The maximum atomic E-state index is 11.4. The van der Waals surface area contributed by atoms with Gasteiger partial charge in [0.05, 0.1) is 18.6 Å². The van der Waals surface area contributed by atoms with Gasteiger partial charge >= 0.3 is 5.97 Å². The molecule has 0 amide bonds. The summed E-state index contributed by atoms with van der Waals surface area (Å²) in [5.41, 5.74) is 7.03. The van der Waals surface area contributed by atoms with Gasteiger partial charge in [-0.3, -0.25) is 4.79 Å². The molecule has 0 aliphatic heterocycles. The van der Waals surface area contributed by atoms with E-state index in [9.17, 15) is 4.79 Å². The molecule has 156 valence electrons. The van der Waals surface area contributed by atoms with Crippen LogP contribution in [0.3, 0.4) is 0 Å². The number of aromatic amines is 1. The maximum absolute atomic E-state index is 11.4. The molecule has 0 fully saturated rings. The molecule has 2 aromatic carbocycles. The summed E-state index contributed by atoms with van der Waals surface area (Å²) in [6.45, 7) is 2.67. The van der Waals surface area contributed by atoms with E-state index in [1.807, 2.05) is 18.2 Å². The van der Waals surface area contributed by atoms with Crippen LogP contribution in [0, 0.1) is 6.92 Å². The fraction of sp³-hybridized carbons (Fsp3) is 0.320. The summed E-state index contributed by atoms with van der Waals surface area (Å²) in [4.78, 5) is 14.7. The van der Waals surface area contributed by atoms with E-state index >= 15 is 0 Å². The van der Waals surface area contributed by atoms with Crippen LogP contribution in [0.25, 0.3) is 16.5 Å². The van der Waals surface area contributed by atoms with E-state index in [1.165, 1.54) is 43.1 Å². The van der Waals surface area contributed by atoms with Crippen LogP contribution in [0.2, 0.25) is 5.02 Å². The van der Waals surface area contributed by atoms with Crippen molar-refractivity contribution in [3.8, 4) is 5.75 Å². The zero-order valence-corrected chi connectivity index (χ0v) is 18.1. The van der Waals surface area contributed by atoms with Crippen molar-refractivity contribution in [2.75, 3.05) is 7.11 Å². The molecule has 0 radical (unpaired) electrons. The highest BCUT2D eigenvalue weighted by atomic mass is 35.5. The number of carbonyl (C=O) groups is 1. The van der Waals surface area contributed by atoms with E-state index in [1.54, 1.807) is 0 Å². The molecule has 1 aromatic heterocycles. The molecular formula is C25H26ClNO3. The van der Waals surface area contributed by atoms with Crippen molar-refractivity contribution in [2.24, 2.45) is 0 Å². The first-order valence-corrected chi connectivity index (χ1v) is 10.7. The van der Waals surface area contributed by atoms with E-state index in [2.05, 4.69) is 36.2 Å². The molecule has 1 N–H and O–H groups in total. The number of aromatic nitrogens is 1.